The van der Waals surface area contributed by atoms with Gasteiger partial charge in [-0.15, -0.1) is 11.3 Å². The molecule has 5 heteroatoms. The molecule has 1 atom stereocenters. The van der Waals surface area contributed by atoms with E-state index in [0.717, 1.165) is 4.88 Å². The monoisotopic (exact) mass is 213 g/mol. The Bertz CT molecular complexity index is 305. The van der Waals surface area contributed by atoms with Crippen LogP contribution >= 0.6 is 11.3 Å². The number of rotatable bonds is 4. The van der Waals surface area contributed by atoms with E-state index >= 15 is 0 Å². The Morgan fingerprint density at radius 1 is 1.64 bits per heavy atom. The van der Waals surface area contributed by atoms with Crippen LogP contribution < -0.4 is 5.32 Å². The van der Waals surface area contributed by atoms with Gasteiger partial charge in [-0.25, -0.2) is 0 Å². The second kappa shape index (κ2) is 4.76. The van der Waals surface area contributed by atoms with Gasteiger partial charge in [-0.2, -0.15) is 0 Å². The lowest BCUT2D eigenvalue weighted by molar-refractivity contribution is -0.137. The van der Waals surface area contributed by atoms with E-state index in [4.69, 9.17) is 5.11 Å². The minimum absolute atomic E-state index is 0.0832. The van der Waals surface area contributed by atoms with Gasteiger partial charge in [0.1, 0.15) is 0 Å². The highest BCUT2D eigenvalue weighted by Crippen LogP contribution is 2.21. The Hall–Kier alpha value is -1.36. The predicted molar refractivity (Wildman–Crippen MR) is 53.1 cm³/mol. The molecule has 0 saturated carbocycles. The van der Waals surface area contributed by atoms with Crippen molar-refractivity contribution in [2.24, 2.45) is 0 Å². The maximum atomic E-state index is 10.8. The molecule has 4 nitrogen and oxygen atoms in total. The van der Waals surface area contributed by atoms with Crippen LogP contribution in [0.3, 0.4) is 0 Å². The Morgan fingerprint density at radius 3 is 2.79 bits per heavy atom. The number of hydrogen-bond donors (Lipinski definition) is 2. The molecule has 1 unspecified atom stereocenters. The van der Waals surface area contributed by atoms with Gasteiger partial charge >= 0.3 is 5.97 Å². The van der Waals surface area contributed by atoms with Crippen molar-refractivity contribution in [1.82, 2.24) is 5.32 Å². The van der Waals surface area contributed by atoms with Gasteiger partial charge in [0.15, 0.2) is 0 Å². The van der Waals surface area contributed by atoms with Crippen LogP contribution in [0.25, 0.3) is 0 Å². The highest BCUT2D eigenvalue weighted by Gasteiger charge is 2.16. The summed E-state index contributed by atoms with van der Waals surface area (Å²) in [6.07, 6.45) is -0.0832. The Labute approximate surface area is 85.6 Å². The van der Waals surface area contributed by atoms with Crippen LogP contribution in [0, 0.1) is 0 Å². The quantitative estimate of drug-likeness (QED) is 0.794. The molecule has 1 aromatic rings. The Morgan fingerprint density at radius 2 is 2.36 bits per heavy atom. The van der Waals surface area contributed by atoms with E-state index in [1.54, 1.807) is 0 Å². The van der Waals surface area contributed by atoms with Crippen molar-refractivity contribution in [2.45, 2.75) is 19.4 Å². The second-order valence-corrected chi connectivity index (χ2v) is 3.85. The number of amides is 1. The molecule has 0 saturated heterocycles. The van der Waals surface area contributed by atoms with E-state index in [0.29, 0.717) is 0 Å². The third-order valence-electron chi connectivity index (χ3n) is 1.64. The summed E-state index contributed by atoms with van der Waals surface area (Å²) in [7, 11) is 0. The van der Waals surface area contributed by atoms with Crippen LogP contribution in [0.2, 0.25) is 0 Å². The topological polar surface area (TPSA) is 66.4 Å². The molecule has 1 heterocycles. The summed E-state index contributed by atoms with van der Waals surface area (Å²) >= 11 is 1.44. The predicted octanol–water partition coefficient (Wildman–Crippen LogP) is 1.40. The van der Waals surface area contributed by atoms with Gasteiger partial charge in [0.05, 0.1) is 12.5 Å². The molecule has 2 N–H and O–H groups in total. The second-order valence-electron chi connectivity index (χ2n) is 2.87. The van der Waals surface area contributed by atoms with Crippen molar-refractivity contribution >= 4 is 23.2 Å². The molecule has 1 amide bonds. The van der Waals surface area contributed by atoms with E-state index in [-0.39, 0.29) is 12.3 Å². The van der Waals surface area contributed by atoms with Gasteiger partial charge in [-0.3, -0.25) is 9.59 Å². The van der Waals surface area contributed by atoms with Gasteiger partial charge in [-0.1, -0.05) is 6.07 Å². The molecule has 1 rings (SSSR count). The third kappa shape index (κ3) is 3.18. The summed E-state index contributed by atoms with van der Waals surface area (Å²) in [6, 6.07) is 3.23. The first-order valence-corrected chi connectivity index (χ1v) is 5.00. The van der Waals surface area contributed by atoms with E-state index in [1.165, 1.54) is 18.3 Å². The van der Waals surface area contributed by atoms with Crippen LogP contribution in [0.15, 0.2) is 17.5 Å². The maximum absolute atomic E-state index is 10.8. The van der Waals surface area contributed by atoms with Crippen LogP contribution in [-0.4, -0.2) is 17.0 Å². The van der Waals surface area contributed by atoms with Crippen molar-refractivity contribution in [1.29, 1.82) is 0 Å². The molecule has 0 spiro atoms. The molecule has 0 aliphatic heterocycles. The van der Waals surface area contributed by atoms with Crippen molar-refractivity contribution in [3.63, 3.8) is 0 Å². The largest absolute Gasteiger partial charge is 0.481 e. The lowest BCUT2D eigenvalue weighted by Gasteiger charge is -2.13. The average Bonchev–Trinajstić information content (AvgIpc) is 2.52. The summed E-state index contributed by atoms with van der Waals surface area (Å²) in [5.41, 5.74) is 0. The molecule has 14 heavy (non-hydrogen) atoms. The van der Waals surface area contributed by atoms with E-state index in [1.807, 2.05) is 17.5 Å². The number of aliphatic carboxylic acids is 1. The number of nitrogens with one attached hydrogen (secondary N) is 1. The first kappa shape index (κ1) is 10.7. The molecule has 0 aliphatic rings. The summed E-state index contributed by atoms with van der Waals surface area (Å²) in [4.78, 5) is 22.2. The molecule has 1 aromatic heterocycles. The summed E-state index contributed by atoms with van der Waals surface area (Å²) in [5, 5.41) is 13.1. The Balaban J connectivity index is 2.71. The fourth-order valence-corrected chi connectivity index (χ4v) is 1.91. The van der Waals surface area contributed by atoms with Crippen molar-refractivity contribution in [3.05, 3.63) is 22.4 Å². The van der Waals surface area contributed by atoms with Crippen LogP contribution in [0.4, 0.5) is 0 Å². The molecule has 0 fully saturated rings. The van der Waals surface area contributed by atoms with Crippen molar-refractivity contribution < 1.29 is 14.7 Å². The minimum atomic E-state index is -0.919. The summed E-state index contributed by atoms with van der Waals surface area (Å²) in [6.45, 7) is 1.38. The zero-order chi connectivity index (χ0) is 10.6. The average molecular weight is 213 g/mol. The van der Waals surface area contributed by atoms with Gasteiger partial charge in [0.2, 0.25) is 5.91 Å². The van der Waals surface area contributed by atoms with E-state index in [9.17, 15) is 9.59 Å². The van der Waals surface area contributed by atoms with Gasteiger partial charge < -0.3 is 10.4 Å². The molecule has 0 radical (unpaired) electrons. The lowest BCUT2D eigenvalue weighted by atomic mass is 10.1. The summed E-state index contributed by atoms with van der Waals surface area (Å²) < 4.78 is 0. The van der Waals surface area contributed by atoms with Crippen LogP contribution in [0.1, 0.15) is 24.3 Å². The molecular formula is C9H11NO3S. The smallest absolute Gasteiger partial charge is 0.305 e. The highest BCUT2D eigenvalue weighted by atomic mass is 32.1. The molecule has 76 valence electrons. The van der Waals surface area contributed by atoms with E-state index < -0.39 is 12.0 Å². The van der Waals surface area contributed by atoms with Gasteiger partial charge in [-0.05, 0) is 11.4 Å². The molecule has 0 bridgehead atoms. The molecule has 0 aliphatic carbocycles. The fraction of sp³-hybridized carbons (Fsp3) is 0.333. The van der Waals surface area contributed by atoms with Crippen molar-refractivity contribution in [3.8, 4) is 0 Å². The minimum Gasteiger partial charge on any atom is -0.481 e. The lowest BCUT2D eigenvalue weighted by Crippen LogP contribution is -2.27. The standard InChI is InChI=1S/C9H11NO3S/c1-6(11)10-7(5-9(12)13)8-3-2-4-14-8/h2-4,7H,5H2,1H3,(H,10,11)(H,12,13). The number of thiophene rings is 1. The fourth-order valence-electron chi connectivity index (χ4n) is 1.13. The first-order chi connectivity index (χ1) is 6.59. The van der Waals surface area contributed by atoms with Gasteiger partial charge in [0, 0.05) is 11.8 Å². The zero-order valence-corrected chi connectivity index (χ0v) is 8.50. The number of carbonyl (C=O) groups is 2. The normalized spacial score (nSPS) is 12.1. The van der Waals surface area contributed by atoms with Crippen LogP contribution in [0.5, 0.6) is 0 Å². The number of carboxylic acids is 1. The first-order valence-electron chi connectivity index (χ1n) is 4.12. The number of carboxylic acid groups (broad SMARTS) is 1. The SMILES string of the molecule is CC(=O)NC(CC(=O)O)c1cccs1. The molecule has 0 aromatic carbocycles. The maximum Gasteiger partial charge on any atom is 0.305 e. The molecular weight excluding hydrogens is 202 g/mol. The zero-order valence-electron chi connectivity index (χ0n) is 7.69. The number of carbonyl (C=O) groups excluding carboxylic acids is 1. The van der Waals surface area contributed by atoms with Crippen molar-refractivity contribution in [2.75, 3.05) is 0 Å². The van der Waals surface area contributed by atoms with Crippen LogP contribution in [-0.2, 0) is 9.59 Å². The third-order valence-corrected chi connectivity index (χ3v) is 2.63. The number of hydrogen-bond acceptors (Lipinski definition) is 3. The van der Waals surface area contributed by atoms with E-state index in [2.05, 4.69) is 5.32 Å². The summed E-state index contributed by atoms with van der Waals surface area (Å²) in [5.74, 6) is -1.14. The Kier molecular flexibility index (Phi) is 3.64. The highest BCUT2D eigenvalue weighted by molar-refractivity contribution is 7.10. The van der Waals surface area contributed by atoms with Gasteiger partial charge in [0.25, 0.3) is 0 Å².